The number of halogens is 1. The number of rotatable bonds is 4. The minimum atomic E-state index is -0.125. The number of piperidine rings is 1. The van der Waals surface area contributed by atoms with E-state index in [4.69, 9.17) is 22.1 Å². The van der Waals surface area contributed by atoms with E-state index < -0.39 is 0 Å². The maximum absolute atomic E-state index is 6.26. The lowest BCUT2D eigenvalue weighted by Crippen LogP contribution is -2.53. The van der Waals surface area contributed by atoms with E-state index in [9.17, 15) is 0 Å². The molecule has 1 aliphatic heterocycles. The minimum Gasteiger partial charge on any atom is -0.489 e. The van der Waals surface area contributed by atoms with Crippen LogP contribution < -0.4 is 15.8 Å². The molecular formula is C16H25ClN2O. The van der Waals surface area contributed by atoms with Gasteiger partial charge in [-0.15, -0.1) is 0 Å². The van der Waals surface area contributed by atoms with Crippen LogP contribution in [0.1, 0.15) is 33.6 Å². The second kappa shape index (κ2) is 6.33. The Labute approximate surface area is 126 Å². The molecule has 0 spiro atoms. The van der Waals surface area contributed by atoms with Crippen molar-refractivity contribution in [2.45, 2.75) is 51.3 Å². The van der Waals surface area contributed by atoms with Gasteiger partial charge in [0.1, 0.15) is 11.9 Å². The van der Waals surface area contributed by atoms with Crippen molar-refractivity contribution in [2.24, 2.45) is 11.7 Å². The van der Waals surface area contributed by atoms with Gasteiger partial charge in [0, 0.05) is 16.6 Å². The van der Waals surface area contributed by atoms with Crippen LogP contribution in [0.2, 0.25) is 5.02 Å². The van der Waals surface area contributed by atoms with E-state index in [1.54, 1.807) is 0 Å². The molecule has 3 nitrogen and oxygen atoms in total. The highest BCUT2D eigenvalue weighted by molar-refractivity contribution is 6.30. The second-order valence-corrected chi connectivity index (χ2v) is 6.82. The average molecular weight is 297 g/mol. The Morgan fingerprint density at radius 2 is 2.00 bits per heavy atom. The van der Waals surface area contributed by atoms with Crippen LogP contribution in [0.5, 0.6) is 5.75 Å². The summed E-state index contributed by atoms with van der Waals surface area (Å²) in [6.07, 6.45) is 2.30. The standard InChI is InChI=1S/C16H25ClN2O/c1-11(20-14-6-4-13(17)5-7-14)15-10-12(8-9-19-15)16(2,3)18/h4-7,11-12,15,19H,8-10,18H2,1-3H3. The Kier molecular flexibility index (Phi) is 4.95. The molecule has 1 fully saturated rings. The first-order valence-corrected chi connectivity index (χ1v) is 7.68. The smallest absolute Gasteiger partial charge is 0.119 e. The van der Waals surface area contributed by atoms with Gasteiger partial charge in [-0.3, -0.25) is 0 Å². The summed E-state index contributed by atoms with van der Waals surface area (Å²) in [5.41, 5.74) is 6.13. The third kappa shape index (κ3) is 4.11. The van der Waals surface area contributed by atoms with Crippen LogP contribution >= 0.6 is 11.6 Å². The summed E-state index contributed by atoms with van der Waals surface area (Å²) in [5, 5.41) is 4.27. The van der Waals surface area contributed by atoms with E-state index in [2.05, 4.69) is 26.1 Å². The fourth-order valence-corrected chi connectivity index (χ4v) is 2.92. The lowest BCUT2D eigenvalue weighted by Gasteiger charge is -2.40. The quantitative estimate of drug-likeness (QED) is 0.897. The van der Waals surface area contributed by atoms with Crippen molar-refractivity contribution in [3.05, 3.63) is 29.3 Å². The van der Waals surface area contributed by atoms with E-state index in [0.717, 1.165) is 30.2 Å². The normalized spacial score (nSPS) is 25.2. The number of hydrogen-bond donors (Lipinski definition) is 2. The van der Waals surface area contributed by atoms with Gasteiger partial charge in [0.05, 0.1) is 0 Å². The van der Waals surface area contributed by atoms with E-state index in [1.807, 2.05) is 24.3 Å². The van der Waals surface area contributed by atoms with Gasteiger partial charge in [-0.25, -0.2) is 0 Å². The van der Waals surface area contributed by atoms with Gasteiger partial charge in [0.2, 0.25) is 0 Å². The Hall–Kier alpha value is -0.770. The lowest BCUT2D eigenvalue weighted by molar-refractivity contribution is 0.114. The molecule has 0 bridgehead atoms. The van der Waals surface area contributed by atoms with E-state index in [-0.39, 0.29) is 11.6 Å². The van der Waals surface area contributed by atoms with Crippen molar-refractivity contribution in [2.75, 3.05) is 6.54 Å². The van der Waals surface area contributed by atoms with Gasteiger partial charge < -0.3 is 15.8 Å². The van der Waals surface area contributed by atoms with Gasteiger partial charge >= 0.3 is 0 Å². The maximum atomic E-state index is 6.26. The molecule has 1 aliphatic rings. The van der Waals surface area contributed by atoms with Crippen LogP contribution in [0.3, 0.4) is 0 Å². The zero-order valence-electron chi connectivity index (χ0n) is 12.5. The Bertz CT molecular complexity index is 427. The maximum Gasteiger partial charge on any atom is 0.119 e. The molecule has 0 aliphatic carbocycles. The lowest BCUT2D eigenvalue weighted by atomic mass is 9.78. The molecule has 0 amide bonds. The first-order chi connectivity index (χ1) is 9.36. The number of ether oxygens (including phenoxy) is 1. The highest BCUT2D eigenvalue weighted by atomic mass is 35.5. The molecule has 3 N–H and O–H groups in total. The summed E-state index contributed by atoms with van der Waals surface area (Å²) >= 11 is 5.88. The predicted molar refractivity (Wildman–Crippen MR) is 84.3 cm³/mol. The van der Waals surface area contributed by atoms with E-state index in [1.165, 1.54) is 0 Å². The van der Waals surface area contributed by atoms with Crippen LogP contribution in [-0.2, 0) is 0 Å². The molecule has 0 saturated carbocycles. The fraction of sp³-hybridized carbons (Fsp3) is 0.625. The van der Waals surface area contributed by atoms with Crippen LogP contribution in [0.15, 0.2) is 24.3 Å². The molecule has 0 aromatic heterocycles. The first kappa shape index (κ1) is 15.6. The van der Waals surface area contributed by atoms with Crippen LogP contribution in [0.25, 0.3) is 0 Å². The topological polar surface area (TPSA) is 47.3 Å². The van der Waals surface area contributed by atoms with Crippen LogP contribution in [-0.4, -0.2) is 24.2 Å². The zero-order chi connectivity index (χ0) is 14.8. The van der Waals surface area contributed by atoms with Gasteiger partial charge in [0.25, 0.3) is 0 Å². The van der Waals surface area contributed by atoms with Gasteiger partial charge in [-0.1, -0.05) is 11.6 Å². The molecule has 3 atom stereocenters. The largest absolute Gasteiger partial charge is 0.489 e. The third-order valence-electron chi connectivity index (χ3n) is 4.19. The monoisotopic (exact) mass is 296 g/mol. The first-order valence-electron chi connectivity index (χ1n) is 7.31. The fourth-order valence-electron chi connectivity index (χ4n) is 2.79. The molecule has 1 heterocycles. The Morgan fingerprint density at radius 1 is 1.35 bits per heavy atom. The van der Waals surface area contributed by atoms with Gasteiger partial charge in [-0.2, -0.15) is 0 Å². The summed E-state index contributed by atoms with van der Waals surface area (Å²) in [6, 6.07) is 7.86. The SMILES string of the molecule is CC(Oc1ccc(Cl)cc1)C1CC(C(C)(C)N)CCN1. The summed E-state index contributed by atoms with van der Waals surface area (Å²) in [4.78, 5) is 0. The molecule has 112 valence electrons. The van der Waals surface area contributed by atoms with Crippen LogP contribution in [0.4, 0.5) is 0 Å². The summed E-state index contributed by atoms with van der Waals surface area (Å²) in [7, 11) is 0. The summed E-state index contributed by atoms with van der Waals surface area (Å²) in [6.45, 7) is 7.35. The Balaban J connectivity index is 1.95. The van der Waals surface area contributed by atoms with Crippen molar-refractivity contribution >= 4 is 11.6 Å². The number of benzene rings is 1. The molecule has 4 heteroatoms. The highest BCUT2D eigenvalue weighted by Gasteiger charge is 2.33. The minimum absolute atomic E-state index is 0.112. The Morgan fingerprint density at radius 3 is 2.60 bits per heavy atom. The van der Waals surface area contributed by atoms with E-state index >= 15 is 0 Å². The molecule has 0 radical (unpaired) electrons. The van der Waals surface area contributed by atoms with Crippen molar-refractivity contribution in [3.8, 4) is 5.75 Å². The highest BCUT2D eigenvalue weighted by Crippen LogP contribution is 2.28. The summed E-state index contributed by atoms with van der Waals surface area (Å²) in [5.74, 6) is 1.39. The van der Waals surface area contributed by atoms with Crippen molar-refractivity contribution in [1.82, 2.24) is 5.32 Å². The van der Waals surface area contributed by atoms with Crippen molar-refractivity contribution in [1.29, 1.82) is 0 Å². The number of hydrogen-bond acceptors (Lipinski definition) is 3. The van der Waals surface area contributed by atoms with Crippen molar-refractivity contribution in [3.63, 3.8) is 0 Å². The molecular weight excluding hydrogens is 272 g/mol. The number of nitrogens with one attached hydrogen (secondary N) is 1. The van der Waals surface area contributed by atoms with E-state index in [0.29, 0.717) is 12.0 Å². The third-order valence-corrected chi connectivity index (χ3v) is 4.44. The molecule has 2 rings (SSSR count). The molecule has 1 aromatic carbocycles. The summed E-state index contributed by atoms with van der Waals surface area (Å²) < 4.78 is 6.01. The van der Waals surface area contributed by atoms with Gasteiger partial charge in [0.15, 0.2) is 0 Å². The molecule has 3 unspecified atom stereocenters. The van der Waals surface area contributed by atoms with Crippen molar-refractivity contribution < 1.29 is 4.74 Å². The predicted octanol–water partition coefficient (Wildman–Crippen LogP) is 3.21. The second-order valence-electron chi connectivity index (χ2n) is 6.38. The number of nitrogens with two attached hydrogens (primary N) is 1. The molecule has 20 heavy (non-hydrogen) atoms. The van der Waals surface area contributed by atoms with Gasteiger partial charge in [-0.05, 0) is 70.3 Å². The zero-order valence-corrected chi connectivity index (χ0v) is 13.3. The molecule has 1 saturated heterocycles. The average Bonchev–Trinajstić information content (AvgIpc) is 2.40. The van der Waals surface area contributed by atoms with Crippen LogP contribution in [0, 0.1) is 5.92 Å². The molecule has 1 aromatic rings.